The Balaban J connectivity index is 1.54. The van der Waals surface area contributed by atoms with Gasteiger partial charge in [0.1, 0.15) is 5.82 Å². The van der Waals surface area contributed by atoms with Gasteiger partial charge in [0.05, 0.1) is 17.8 Å². The highest BCUT2D eigenvalue weighted by Gasteiger charge is 2.21. The molecule has 0 spiro atoms. The topological polar surface area (TPSA) is 41.6 Å². The minimum absolute atomic E-state index is 0.234. The van der Waals surface area contributed by atoms with Gasteiger partial charge in [-0.3, -0.25) is 9.69 Å². The molecule has 0 bridgehead atoms. The predicted octanol–water partition coefficient (Wildman–Crippen LogP) is 4.13. The summed E-state index contributed by atoms with van der Waals surface area (Å²) in [5.74, 6) is -0.611. The van der Waals surface area contributed by atoms with Gasteiger partial charge in [0.15, 0.2) is 0 Å². The fourth-order valence-corrected chi connectivity index (χ4v) is 3.92. The number of hydrogen-bond donors (Lipinski definition) is 1. The van der Waals surface area contributed by atoms with Crippen molar-refractivity contribution in [1.82, 2.24) is 10.2 Å². The number of ether oxygens (including phenoxy) is 1. The summed E-state index contributed by atoms with van der Waals surface area (Å²) in [6, 6.07) is 12.3. The first-order valence-corrected chi connectivity index (χ1v) is 9.89. The van der Waals surface area contributed by atoms with Crippen LogP contribution in [0.5, 0.6) is 0 Å². The highest BCUT2D eigenvalue weighted by atomic mass is 79.9. The van der Waals surface area contributed by atoms with E-state index in [1.165, 1.54) is 23.8 Å². The molecule has 0 aromatic heterocycles. The van der Waals surface area contributed by atoms with E-state index >= 15 is 0 Å². The van der Waals surface area contributed by atoms with Crippen molar-refractivity contribution >= 4 is 21.8 Å². The van der Waals surface area contributed by atoms with E-state index < -0.39 is 0 Å². The molecular formula is C21H24BrFN2O2. The van der Waals surface area contributed by atoms with Crippen molar-refractivity contribution in [1.29, 1.82) is 0 Å². The average Bonchev–Trinajstić information content (AvgIpc) is 2.60. The molecule has 1 N–H and O–H groups in total. The number of amides is 1. The Morgan fingerprint density at radius 3 is 2.41 bits per heavy atom. The second kappa shape index (κ2) is 8.95. The molecule has 0 radical (unpaired) electrons. The van der Waals surface area contributed by atoms with Crippen LogP contribution in [0.4, 0.5) is 4.39 Å². The lowest BCUT2D eigenvalue weighted by atomic mass is 10.1. The highest BCUT2D eigenvalue weighted by molar-refractivity contribution is 9.10. The SMILES string of the molecule is CC1CN(Cc2ccc(CNC(=O)c3ccc(F)cc3Br)cc2)CC(C)O1. The summed E-state index contributed by atoms with van der Waals surface area (Å²) in [4.78, 5) is 14.7. The Bertz CT molecular complexity index is 787. The first-order chi connectivity index (χ1) is 12.9. The smallest absolute Gasteiger partial charge is 0.252 e. The molecule has 1 aliphatic heterocycles. The Hall–Kier alpha value is -1.76. The lowest BCUT2D eigenvalue weighted by molar-refractivity contribution is -0.0704. The molecule has 1 aliphatic rings. The van der Waals surface area contributed by atoms with Gasteiger partial charge < -0.3 is 10.1 Å². The van der Waals surface area contributed by atoms with Crippen molar-refractivity contribution in [2.45, 2.75) is 39.1 Å². The lowest BCUT2D eigenvalue weighted by Gasteiger charge is -2.35. The Kier molecular flexibility index (Phi) is 6.63. The average molecular weight is 435 g/mol. The van der Waals surface area contributed by atoms with E-state index in [0.29, 0.717) is 16.6 Å². The van der Waals surface area contributed by atoms with Crippen molar-refractivity contribution in [3.63, 3.8) is 0 Å². The quantitative estimate of drug-likeness (QED) is 0.768. The van der Waals surface area contributed by atoms with Gasteiger partial charge in [-0.1, -0.05) is 24.3 Å². The first-order valence-electron chi connectivity index (χ1n) is 9.09. The molecule has 27 heavy (non-hydrogen) atoms. The van der Waals surface area contributed by atoms with Gasteiger partial charge in [0.2, 0.25) is 0 Å². The number of nitrogens with zero attached hydrogens (tertiary/aromatic N) is 1. The Morgan fingerprint density at radius 2 is 1.78 bits per heavy atom. The molecule has 0 saturated carbocycles. The van der Waals surface area contributed by atoms with Crippen molar-refractivity contribution in [2.75, 3.05) is 13.1 Å². The zero-order chi connectivity index (χ0) is 19.4. The fraction of sp³-hybridized carbons (Fsp3) is 0.381. The van der Waals surface area contributed by atoms with E-state index in [2.05, 4.69) is 52.1 Å². The maximum absolute atomic E-state index is 13.1. The predicted molar refractivity (Wildman–Crippen MR) is 107 cm³/mol. The molecule has 0 aliphatic carbocycles. The van der Waals surface area contributed by atoms with Gasteiger partial charge in [-0.15, -0.1) is 0 Å². The van der Waals surface area contributed by atoms with Crippen molar-refractivity contribution < 1.29 is 13.9 Å². The minimum Gasteiger partial charge on any atom is -0.373 e. The van der Waals surface area contributed by atoms with Crippen LogP contribution >= 0.6 is 15.9 Å². The van der Waals surface area contributed by atoms with Crippen molar-refractivity contribution in [3.05, 3.63) is 69.4 Å². The number of hydrogen-bond acceptors (Lipinski definition) is 3. The molecule has 4 nitrogen and oxygen atoms in total. The standard InChI is InChI=1S/C21H24BrFN2O2/c1-14-11-25(12-15(2)27-14)13-17-5-3-16(4-6-17)10-24-21(26)19-8-7-18(23)9-20(19)22/h3-9,14-15H,10-13H2,1-2H3,(H,24,26). The Morgan fingerprint density at radius 1 is 1.15 bits per heavy atom. The summed E-state index contributed by atoms with van der Waals surface area (Å²) in [6.07, 6.45) is 0.517. The van der Waals surface area contributed by atoms with Crippen LogP contribution in [0.2, 0.25) is 0 Å². The van der Waals surface area contributed by atoms with Crippen LogP contribution in [0.15, 0.2) is 46.9 Å². The Labute approximate surface area is 167 Å². The van der Waals surface area contributed by atoms with Gasteiger partial charge in [-0.2, -0.15) is 0 Å². The molecule has 144 valence electrons. The van der Waals surface area contributed by atoms with E-state index in [-0.39, 0.29) is 23.9 Å². The first kappa shape index (κ1) is 20.0. The molecule has 2 aromatic rings. The number of morpholine rings is 1. The van der Waals surface area contributed by atoms with Crippen LogP contribution in [0.25, 0.3) is 0 Å². The fourth-order valence-electron chi connectivity index (χ4n) is 3.39. The number of carbonyl (C=O) groups excluding carboxylic acids is 1. The second-order valence-corrected chi connectivity index (χ2v) is 7.93. The number of nitrogens with one attached hydrogen (secondary N) is 1. The lowest BCUT2D eigenvalue weighted by Crippen LogP contribution is -2.44. The molecular weight excluding hydrogens is 411 g/mol. The van der Waals surface area contributed by atoms with Crippen LogP contribution in [0.1, 0.15) is 35.3 Å². The number of benzene rings is 2. The van der Waals surface area contributed by atoms with E-state index in [4.69, 9.17) is 4.74 Å². The minimum atomic E-state index is -0.377. The maximum Gasteiger partial charge on any atom is 0.252 e. The summed E-state index contributed by atoms with van der Waals surface area (Å²) >= 11 is 3.22. The van der Waals surface area contributed by atoms with Crippen LogP contribution in [0, 0.1) is 5.82 Å². The second-order valence-electron chi connectivity index (χ2n) is 7.07. The highest BCUT2D eigenvalue weighted by Crippen LogP contribution is 2.18. The largest absolute Gasteiger partial charge is 0.373 e. The summed E-state index contributed by atoms with van der Waals surface area (Å²) in [5.41, 5.74) is 2.69. The van der Waals surface area contributed by atoms with Gasteiger partial charge >= 0.3 is 0 Å². The molecule has 1 fully saturated rings. The van der Waals surface area contributed by atoms with E-state index in [9.17, 15) is 9.18 Å². The number of rotatable bonds is 5. The van der Waals surface area contributed by atoms with E-state index in [1.54, 1.807) is 0 Å². The molecule has 2 atom stereocenters. The van der Waals surface area contributed by atoms with Gasteiger partial charge in [0, 0.05) is 30.7 Å². The van der Waals surface area contributed by atoms with Gasteiger partial charge in [-0.05, 0) is 59.1 Å². The molecule has 2 aromatic carbocycles. The number of halogens is 2. The van der Waals surface area contributed by atoms with Gasteiger partial charge in [0.25, 0.3) is 5.91 Å². The zero-order valence-electron chi connectivity index (χ0n) is 15.5. The molecule has 2 unspecified atom stereocenters. The van der Waals surface area contributed by atoms with Crippen LogP contribution in [0.3, 0.4) is 0 Å². The zero-order valence-corrected chi connectivity index (χ0v) is 17.1. The molecule has 3 rings (SSSR count). The van der Waals surface area contributed by atoms with E-state index in [0.717, 1.165) is 25.2 Å². The molecule has 1 amide bonds. The molecule has 1 saturated heterocycles. The third kappa shape index (κ3) is 5.61. The van der Waals surface area contributed by atoms with Gasteiger partial charge in [-0.25, -0.2) is 4.39 Å². The summed E-state index contributed by atoms with van der Waals surface area (Å²) in [6.45, 7) is 7.41. The molecule has 1 heterocycles. The van der Waals surface area contributed by atoms with Crippen LogP contribution < -0.4 is 5.32 Å². The summed E-state index contributed by atoms with van der Waals surface area (Å²) in [5, 5.41) is 2.87. The van der Waals surface area contributed by atoms with E-state index in [1.807, 2.05) is 12.1 Å². The summed E-state index contributed by atoms with van der Waals surface area (Å²) < 4.78 is 19.4. The maximum atomic E-state index is 13.1. The summed E-state index contributed by atoms with van der Waals surface area (Å²) in [7, 11) is 0. The van der Waals surface area contributed by atoms with Crippen LogP contribution in [-0.4, -0.2) is 36.1 Å². The third-order valence-corrected chi connectivity index (χ3v) is 5.21. The van der Waals surface area contributed by atoms with Crippen LogP contribution in [-0.2, 0) is 17.8 Å². The monoisotopic (exact) mass is 434 g/mol. The van der Waals surface area contributed by atoms with Crippen molar-refractivity contribution in [3.8, 4) is 0 Å². The van der Waals surface area contributed by atoms with Crippen molar-refractivity contribution in [2.24, 2.45) is 0 Å². The normalized spacial score (nSPS) is 20.4. The number of carbonyl (C=O) groups is 1. The molecule has 6 heteroatoms. The third-order valence-electron chi connectivity index (χ3n) is 4.55.